The topological polar surface area (TPSA) is 41.8 Å². The molecule has 0 spiro atoms. The van der Waals surface area contributed by atoms with Crippen LogP contribution in [0.5, 0.6) is 0 Å². The van der Waals surface area contributed by atoms with Gasteiger partial charge < -0.3 is 10.7 Å². The number of para-hydroxylation sites is 1. The summed E-state index contributed by atoms with van der Waals surface area (Å²) in [6, 6.07) is 7.50. The summed E-state index contributed by atoms with van der Waals surface area (Å²) in [6.45, 7) is 3.04. The summed E-state index contributed by atoms with van der Waals surface area (Å²) in [5, 5.41) is 1.13. The number of alkyl halides is 1. The van der Waals surface area contributed by atoms with Crippen LogP contribution in [0.25, 0.3) is 10.9 Å². The van der Waals surface area contributed by atoms with Gasteiger partial charge in [0.25, 0.3) is 0 Å². The van der Waals surface area contributed by atoms with Gasteiger partial charge in [0.15, 0.2) is 0 Å². The molecule has 1 aromatic heterocycles. The molecule has 0 fully saturated rings. The Bertz CT molecular complexity index is 482. The second-order valence-corrected chi connectivity index (χ2v) is 4.73. The summed E-state index contributed by atoms with van der Waals surface area (Å²) in [5.41, 5.74) is 6.64. The highest BCUT2D eigenvalue weighted by atomic mass is 19.1. The molecular weight excluding hydrogens is 203 g/mol. The molecule has 16 heavy (non-hydrogen) atoms. The molecule has 0 aliphatic heterocycles. The second-order valence-electron chi connectivity index (χ2n) is 4.73. The molecule has 2 aromatic rings. The maximum absolute atomic E-state index is 13.6. The summed E-state index contributed by atoms with van der Waals surface area (Å²) in [5.74, 6) is 0. The Kier molecular flexibility index (Phi) is 2.72. The fraction of sp³-hybridized carbons (Fsp3) is 0.385. The number of rotatable bonds is 3. The molecule has 86 valence electrons. The summed E-state index contributed by atoms with van der Waals surface area (Å²) < 4.78 is 13.6. The van der Waals surface area contributed by atoms with Gasteiger partial charge in [0, 0.05) is 23.1 Å². The minimum atomic E-state index is -1.35. The third-order valence-electron chi connectivity index (χ3n) is 3.00. The number of hydrogen-bond acceptors (Lipinski definition) is 1. The van der Waals surface area contributed by atoms with Gasteiger partial charge in [-0.15, -0.1) is 0 Å². The number of fused-ring (bicyclic) bond motifs is 1. The van der Waals surface area contributed by atoms with Crippen molar-refractivity contribution < 1.29 is 4.39 Å². The lowest BCUT2D eigenvalue weighted by molar-refractivity contribution is 0.172. The van der Waals surface area contributed by atoms with Crippen molar-refractivity contribution in [1.82, 2.24) is 4.98 Å². The molecule has 0 bridgehead atoms. The van der Waals surface area contributed by atoms with Gasteiger partial charge in [0.2, 0.25) is 0 Å². The largest absolute Gasteiger partial charge is 0.361 e. The molecule has 2 rings (SSSR count). The van der Waals surface area contributed by atoms with E-state index in [2.05, 4.69) is 4.98 Å². The highest BCUT2D eigenvalue weighted by molar-refractivity contribution is 5.83. The van der Waals surface area contributed by atoms with E-state index in [0.717, 1.165) is 16.5 Å². The molecule has 0 radical (unpaired) electrons. The first-order valence-corrected chi connectivity index (χ1v) is 5.48. The van der Waals surface area contributed by atoms with Crippen LogP contribution in [-0.2, 0) is 6.42 Å². The molecule has 2 nitrogen and oxygen atoms in total. The van der Waals surface area contributed by atoms with Crippen molar-refractivity contribution in [3.8, 4) is 0 Å². The molecule has 0 unspecified atom stereocenters. The number of aromatic nitrogens is 1. The van der Waals surface area contributed by atoms with Crippen LogP contribution in [0.2, 0.25) is 0 Å². The van der Waals surface area contributed by atoms with Crippen LogP contribution < -0.4 is 5.73 Å². The molecule has 1 aromatic carbocycles. The minimum Gasteiger partial charge on any atom is -0.361 e. The zero-order chi connectivity index (χ0) is 11.8. The maximum atomic E-state index is 13.6. The molecule has 0 aliphatic carbocycles. The van der Waals surface area contributed by atoms with Crippen LogP contribution in [0.1, 0.15) is 19.4 Å². The van der Waals surface area contributed by atoms with Crippen molar-refractivity contribution >= 4 is 10.9 Å². The first-order valence-electron chi connectivity index (χ1n) is 5.48. The highest BCUT2D eigenvalue weighted by Crippen LogP contribution is 2.22. The van der Waals surface area contributed by atoms with E-state index in [1.165, 1.54) is 13.8 Å². The number of hydrogen-bond donors (Lipinski definition) is 2. The predicted octanol–water partition coefficient (Wildman–Crippen LogP) is 2.79. The minimum absolute atomic E-state index is 0.480. The van der Waals surface area contributed by atoms with Gasteiger partial charge in [-0.2, -0.15) is 0 Å². The summed E-state index contributed by atoms with van der Waals surface area (Å²) >= 11 is 0. The van der Waals surface area contributed by atoms with Crippen LogP contribution in [0.4, 0.5) is 4.39 Å². The number of benzene rings is 1. The third kappa shape index (κ3) is 2.09. The zero-order valence-electron chi connectivity index (χ0n) is 9.63. The molecule has 0 saturated carbocycles. The van der Waals surface area contributed by atoms with Crippen molar-refractivity contribution in [3.63, 3.8) is 0 Å². The Balaban J connectivity index is 2.28. The molecular formula is C13H17FN2. The molecule has 3 N–H and O–H groups in total. The van der Waals surface area contributed by atoms with Crippen molar-refractivity contribution in [2.45, 2.75) is 32.0 Å². The lowest BCUT2D eigenvalue weighted by atomic mass is 9.95. The summed E-state index contributed by atoms with van der Waals surface area (Å²) in [7, 11) is 0. The highest BCUT2D eigenvalue weighted by Gasteiger charge is 2.26. The van der Waals surface area contributed by atoms with Gasteiger partial charge in [-0.25, -0.2) is 4.39 Å². The van der Waals surface area contributed by atoms with Gasteiger partial charge in [-0.3, -0.25) is 0 Å². The lowest BCUT2D eigenvalue weighted by Crippen LogP contribution is -2.41. The number of nitrogens with one attached hydrogen (secondary N) is 1. The van der Waals surface area contributed by atoms with Gasteiger partial charge in [0.1, 0.15) is 5.67 Å². The van der Waals surface area contributed by atoms with Crippen LogP contribution in [0, 0.1) is 0 Å². The van der Waals surface area contributed by atoms with Crippen molar-refractivity contribution in [2.24, 2.45) is 5.73 Å². The van der Waals surface area contributed by atoms with E-state index in [4.69, 9.17) is 5.73 Å². The molecule has 0 amide bonds. The van der Waals surface area contributed by atoms with Crippen molar-refractivity contribution in [1.29, 1.82) is 0 Å². The Morgan fingerprint density at radius 2 is 2.06 bits per heavy atom. The average molecular weight is 220 g/mol. The number of halogens is 1. The van der Waals surface area contributed by atoms with Crippen LogP contribution in [0.15, 0.2) is 30.5 Å². The van der Waals surface area contributed by atoms with E-state index in [-0.39, 0.29) is 0 Å². The maximum Gasteiger partial charge on any atom is 0.120 e. The lowest BCUT2D eigenvalue weighted by Gasteiger charge is -2.22. The predicted molar refractivity (Wildman–Crippen MR) is 65.2 cm³/mol. The fourth-order valence-electron chi connectivity index (χ4n) is 1.78. The SMILES string of the molecule is CC(C)(F)[C@@H](N)Cc1c[nH]c2ccccc12. The smallest absolute Gasteiger partial charge is 0.120 e. The Morgan fingerprint density at radius 1 is 1.38 bits per heavy atom. The van der Waals surface area contributed by atoms with E-state index in [1.54, 1.807) is 0 Å². The van der Waals surface area contributed by atoms with Crippen molar-refractivity contribution in [2.75, 3.05) is 0 Å². The summed E-state index contributed by atoms with van der Waals surface area (Å²) in [4.78, 5) is 3.17. The monoisotopic (exact) mass is 220 g/mol. The van der Waals surface area contributed by atoms with Gasteiger partial charge >= 0.3 is 0 Å². The number of aromatic amines is 1. The Hall–Kier alpha value is -1.35. The van der Waals surface area contributed by atoms with Crippen LogP contribution in [-0.4, -0.2) is 16.7 Å². The van der Waals surface area contributed by atoms with Gasteiger partial charge in [-0.1, -0.05) is 18.2 Å². The Labute approximate surface area is 94.7 Å². The molecule has 0 aliphatic rings. The second kappa shape index (κ2) is 3.91. The zero-order valence-corrected chi connectivity index (χ0v) is 9.63. The van der Waals surface area contributed by atoms with E-state index in [9.17, 15) is 4.39 Å². The van der Waals surface area contributed by atoms with Crippen molar-refractivity contribution in [3.05, 3.63) is 36.0 Å². The van der Waals surface area contributed by atoms with Crippen LogP contribution in [0.3, 0.4) is 0 Å². The normalized spacial score (nSPS) is 14.2. The molecule has 1 heterocycles. The van der Waals surface area contributed by atoms with E-state index in [0.29, 0.717) is 6.42 Å². The standard InChI is InChI=1S/C13H17FN2/c1-13(2,14)12(15)7-9-8-16-11-6-4-3-5-10(9)11/h3-6,8,12,16H,7,15H2,1-2H3/t12-/m0/s1. The van der Waals surface area contributed by atoms with Gasteiger partial charge in [-0.05, 0) is 31.9 Å². The van der Waals surface area contributed by atoms with E-state index in [1.807, 2.05) is 30.5 Å². The molecule has 3 heteroatoms. The molecule has 1 atom stereocenters. The fourth-order valence-corrected chi connectivity index (χ4v) is 1.78. The van der Waals surface area contributed by atoms with Crippen LogP contribution >= 0.6 is 0 Å². The van der Waals surface area contributed by atoms with E-state index < -0.39 is 11.7 Å². The molecule has 0 saturated heterocycles. The summed E-state index contributed by atoms with van der Waals surface area (Å²) in [6.07, 6.45) is 2.46. The average Bonchev–Trinajstić information content (AvgIpc) is 2.61. The first-order chi connectivity index (χ1) is 7.48. The van der Waals surface area contributed by atoms with Gasteiger partial charge in [0.05, 0.1) is 0 Å². The number of H-pyrrole nitrogens is 1. The third-order valence-corrected chi connectivity index (χ3v) is 3.00. The Morgan fingerprint density at radius 3 is 2.75 bits per heavy atom. The number of nitrogens with two attached hydrogens (primary N) is 1. The quantitative estimate of drug-likeness (QED) is 0.820. The van der Waals surface area contributed by atoms with E-state index >= 15 is 0 Å². The first kappa shape index (κ1) is 11.1.